The van der Waals surface area contributed by atoms with E-state index in [-0.39, 0.29) is 0 Å². The van der Waals surface area contributed by atoms with E-state index in [0.29, 0.717) is 22.5 Å². The first-order valence-corrected chi connectivity index (χ1v) is 9.53. The molecule has 0 aliphatic carbocycles. The summed E-state index contributed by atoms with van der Waals surface area (Å²) >= 11 is 4.93. The summed E-state index contributed by atoms with van der Waals surface area (Å²) in [6.07, 6.45) is 0. The van der Waals surface area contributed by atoms with Gasteiger partial charge in [0.05, 0.1) is 4.90 Å². The molecule has 0 amide bonds. The Bertz CT molecular complexity index is 700. The maximum absolute atomic E-state index is 12.6. The van der Waals surface area contributed by atoms with Crippen LogP contribution in [0.5, 0.6) is 0 Å². The van der Waals surface area contributed by atoms with Crippen LogP contribution in [0.4, 0.5) is 0 Å². The lowest BCUT2D eigenvalue weighted by molar-refractivity contribution is 0.467. The quantitative estimate of drug-likeness (QED) is 0.826. The van der Waals surface area contributed by atoms with Crippen molar-refractivity contribution in [1.29, 1.82) is 0 Å². The van der Waals surface area contributed by atoms with Crippen molar-refractivity contribution in [3.05, 3.63) is 50.6 Å². The number of halogens is 1. The van der Waals surface area contributed by atoms with Crippen LogP contribution in [0.15, 0.2) is 44.4 Å². The zero-order chi connectivity index (χ0) is 15.5. The van der Waals surface area contributed by atoms with Gasteiger partial charge in [-0.25, -0.2) is 8.42 Å². The molecule has 4 nitrogen and oxygen atoms in total. The van der Waals surface area contributed by atoms with Gasteiger partial charge < -0.3 is 5.32 Å². The molecule has 0 fully saturated rings. The second-order valence-corrected chi connectivity index (χ2v) is 8.34. The Balaban J connectivity index is 2.26. The number of hydrogen-bond acceptors (Lipinski definition) is 4. The van der Waals surface area contributed by atoms with Crippen molar-refractivity contribution in [2.24, 2.45) is 0 Å². The van der Waals surface area contributed by atoms with E-state index in [4.69, 9.17) is 0 Å². The SMILES string of the molecule is CNCc1ccc(S(=O)(=O)N(C)Cc2ccsc2)c(Br)c1. The maximum atomic E-state index is 12.6. The fraction of sp³-hybridized carbons (Fsp3) is 0.286. The molecule has 1 aromatic carbocycles. The molecule has 1 N–H and O–H groups in total. The zero-order valence-corrected chi connectivity index (χ0v) is 15.1. The molecule has 7 heteroatoms. The van der Waals surface area contributed by atoms with Crippen molar-refractivity contribution >= 4 is 37.3 Å². The van der Waals surface area contributed by atoms with Crippen molar-refractivity contribution in [3.8, 4) is 0 Å². The summed E-state index contributed by atoms with van der Waals surface area (Å²) in [6.45, 7) is 1.07. The molecule has 1 aromatic heterocycles. The average Bonchev–Trinajstić information content (AvgIpc) is 2.91. The van der Waals surface area contributed by atoms with Gasteiger partial charge >= 0.3 is 0 Å². The van der Waals surface area contributed by atoms with Crippen LogP contribution in [-0.2, 0) is 23.1 Å². The molecule has 0 spiro atoms. The highest BCUT2D eigenvalue weighted by Gasteiger charge is 2.23. The second-order valence-electron chi connectivity index (χ2n) is 4.69. The molecule has 0 unspecified atom stereocenters. The summed E-state index contributed by atoms with van der Waals surface area (Å²) in [5.41, 5.74) is 2.03. The summed E-state index contributed by atoms with van der Waals surface area (Å²) in [6, 6.07) is 7.24. The predicted molar refractivity (Wildman–Crippen MR) is 89.9 cm³/mol. The normalized spacial score (nSPS) is 12.0. The third-order valence-corrected chi connectivity index (χ3v) is 6.56. The lowest BCUT2D eigenvalue weighted by Gasteiger charge is -2.18. The first-order valence-electron chi connectivity index (χ1n) is 6.35. The highest BCUT2D eigenvalue weighted by Crippen LogP contribution is 2.26. The summed E-state index contributed by atoms with van der Waals surface area (Å²) in [5.74, 6) is 0. The largest absolute Gasteiger partial charge is 0.316 e. The molecule has 114 valence electrons. The first-order chi connectivity index (χ1) is 9.95. The van der Waals surface area contributed by atoms with Gasteiger partial charge in [0.25, 0.3) is 0 Å². The highest BCUT2D eigenvalue weighted by molar-refractivity contribution is 9.10. The standard InChI is InChI=1S/C14H17BrN2O2S2/c1-16-8-11-3-4-14(13(15)7-11)21(18,19)17(2)9-12-5-6-20-10-12/h3-7,10,16H,8-9H2,1-2H3. The average molecular weight is 389 g/mol. The number of thiophene rings is 1. The number of nitrogens with one attached hydrogen (secondary N) is 1. The van der Waals surface area contributed by atoms with Crippen molar-refractivity contribution in [2.75, 3.05) is 14.1 Å². The van der Waals surface area contributed by atoms with E-state index < -0.39 is 10.0 Å². The topological polar surface area (TPSA) is 49.4 Å². The third kappa shape index (κ3) is 3.92. The Morgan fingerprint density at radius 2 is 2.05 bits per heavy atom. The molecule has 2 rings (SSSR count). The number of hydrogen-bond donors (Lipinski definition) is 1. The highest BCUT2D eigenvalue weighted by atomic mass is 79.9. The molecule has 0 aliphatic heterocycles. The Hall–Kier alpha value is -0.730. The van der Waals surface area contributed by atoms with Gasteiger partial charge in [-0.2, -0.15) is 15.6 Å². The van der Waals surface area contributed by atoms with Crippen LogP contribution in [0.2, 0.25) is 0 Å². The van der Waals surface area contributed by atoms with Crippen molar-refractivity contribution < 1.29 is 8.42 Å². The lowest BCUT2D eigenvalue weighted by Crippen LogP contribution is -2.26. The van der Waals surface area contributed by atoms with Crippen molar-refractivity contribution in [2.45, 2.75) is 18.0 Å². The molecule has 0 bridgehead atoms. The molecular weight excluding hydrogens is 372 g/mol. The molecule has 1 heterocycles. The van der Waals surface area contributed by atoms with Crippen LogP contribution in [-0.4, -0.2) is 26.8 Å². The first kappa shape index (κ1) is 16.6. The Kier molecular flexibility index (Phi) is 5.56. The molecule has 0 saturated carbocycles. The zero-order valence-electron chi connectivity index (χ0n) is 11.8. The predicted octanol–water partition coefficient (Wildman–Crippen LogP) is 3.05. The number of sulfonamides is 1. The van der Waals surface area contributed by atoms with Crippen molar-refractivity contribution in [1.82, 2.24) is 9.62 Å². The molecule has 0 atom stereocenters. The van der Waals surface area contributed by atoms with Crippen LogP contribution in [0.3, 0.4) is 0 Å². The van der Waals surface area contributed by atoms with Gasteiger partial charge in [-0.05, 0) is 63.1 Å². The van der Waals surface area contributed by atoms with Gasteiger partial charge in [-0.15, -0.1) is 0 Å². The second kappa shape index (κ2) is 7.02. The minimum Gasteiger partial charge on any atom is -0.316 e. The monoisotopic (exact) mass is 388 g/mol. The van der Waals surface area contributed by atoms with Gasteiger partial charge in [-0.3, -0.25) is 0 Å². The molecular formula is C14H17BrN2O2S2. The molecule has 0 radical (unpaired) electrons. The number of rotatable bonds is 6. The fourth-order valence-corrected chi connectivity index (χ4v) is 4.86. The van der Waals surface area contributed by atoms with E-state index in [2.05, 4.69) is 21.2 Å². The third-order valence-electron chi connectivity index (χ3n) is 3.05. The van der Waals surface area contributed by atoms with Gasteiger partial charge in [0, 0.05) is 24.6 Å². The molecule has 21 heavy (non-hydrogen) atoms. The van der Waals surface area contributed by atoms with E-state index in [0.717, 1.165) is 11.1 Å². The number of benzene rings is 1. The summed E-state index contributed by atoms with van der Waals surface area (Å²) in [7, 11) is -0.0542. The summed E-state index contributed by atoms with van der Waals surface area (Å²) < 4.78 is 27.2. The van der Waals surface area contributed by atoms with Gasteiger partial charge in [0.1, 0.15) is 0 Å². The van der Waals surface area contributed by atoms with Crippen molar-refractivity contribution in [3.63, 3.8) is 0 Å². The minimum absolute atomic E-state index is 0.292. The van der Waals surface area contributed by atoms with Crippen LogP contribution < -0.4 is 5.32 Å². The lowest BCUT2D eigenvalue weighted by atomic mass is 10.2. The van der Waals surface area contributed by atoms with Crippen LogP contribution in [0, 0.1) is 0 Å². The smallest absolute Gasteiger partial charge is 0.244 e. The van der Waals surface area contributed by atoms with E-state index in [1.807, 2.05) is 36.0 Å². The van der Waals surface area contributed by atoms with Gasteiger partial charge in [-0.1, -0.05) is 6.07 Å². The number of nitrogens with zero attached hydrogens (tertiary/aromatic N) is 1. The Morgan fingerprint density at radius 1 is 1.29 bits per heavy atom. The van der Waals surface area contributed by atoms with Gasteiger partial charge in [0.15, 0.2) is 0 Å². The maximum Gasteiger partial charge on any atom is 0.244 e. The summed E-state index contributed by atoms with van der Waals surface area (Å²) in [4.78, 5) is 0.292. The Labute approximate surface area is 138 Å². The van der Waals surface area contributed by atoms with Crippen LogP contribution in [0.25, 0.3) is 0 Å². The fourth-order valence-electron chi connectivity index (χ4n) is 1.96. The van der Waals surface area contributed by atoms with E-state index >= 15 is 0 Å². The summed E-state index contributed by atoms with van der Waals surface area (Å²) in [5, 5.41) is 6.94. The van der Waals surface area contributed by atoms with Crippen LogP contribution >= 0.6 is 27.3 Å². The van der Waals surface area contributed by atoms with E-state index in [9.17, 15) is 8.42 Å². The van der Waals surface area contributed by atoms with E-state index in [1.54, 1.807) is 24.5 Å². The van der Waals surface area contributed by atoms with Gasteiger partial charge in [0.2, 0.25) is 10.0 Å². The Morgan fingerprint density at radius 3 is 2.62 bits per heavy atom. The van der Waals surface area contributed by atoms with E-state index in [1.165, 1.54) is 4.31 Å². The van der Waals surface area contributed by atoms with Crippen LogP contribution in [0.1, 0.15) is 11.1 Å². The molecule has 0 aliphatic rings. The molecule has 2 aromatic rings. The molecule has 0 saturated heterocycles. The minimum atomic E-state index is -3.51.